The second-order valence-corrected chi connectivity index (χ2v) is 7.09. The van der Waals surface area contributed by atoms with Gasteiger partial charge in [-0.3, -0.25) is 4.79 Å². The third-order valence-electron chi connectivity index (χ3n) is 4.60. The van der Waals surface area contributed by atoms with E-state index in [1.165, 1.54) is 12.8 Å². The van der Waals surface area contributed by atoms with E-state index < -0.39 is 0 Å². The molecule has 1 saturated carbocycles. The summed E-state index contributed by atoms with van der Waals surface area (Å²) < 4.78 is 3.18. The number of halogens is 1. The van der Waals surface area contributed by atoms with Crippen molar-refractivity contribution in [3.05, 3.63) is 22.4 Å². The van der Waals surface area contributed by atoms with Gasteiger partial charge in [0, 0.05) is 29.8 Å². The number of hydrogen-bond acceptors (Lipinski definition) is 1. The molecule has 1 aliphatic carbocycles. The fourth-order valence-corrected chi connectivity index (χ4v) is 3.32. The van der Waals surface area contributed by atoms with E-state index in [9.17, 15) is 4.79 Å². The van der Waals surface area contributed by atoms with Crippen LogP contribution in [-0.4, -0.2) is 28.5 Å². The summed E-state index contributed by atoms with van der Waals surface area (Å²) in [6, 6.07) is 2.52. The molecule has 0 radical (unpaired) electrons. The summed E-state index contributed by atoms with van der Waals surface area (Å²) in [5.74, 6) is 1.54. The Bertz CT molecular complexity index is 492. The highest BCUT2D eigenvalue weighted by molar-refractivity contribution is 9.10. The van der Waals surface area contributed by atoms with E-state index in [1.54, 1.807) is 0 Å². The van der Waals surface area contributed by atoms with Crippen molar-refractivity contribution in [1.82, 2.24) is 9.47 Å². The maximum Gasteiger partial charge on any atom is 0.270 e. The van der Waals surface area contributed by atoms with Crippen molar-refractivity contribution < 1.29 is 4.79 Å². The van der Waals surface area contributed by atoms with Crippen LogP contribution in [0.5, 0.6) is 0 Å². The van der Waals surface area contributed by atoms with Gasteiger partial charge >= 0.3 is 0 Å². The van der Waals surface area contributed by atoms with E-state index in [0.717, 1.165) is 35.6 Å². The standard InChI is InChI=1S/C15H21BrN2O/c1-10-5-6-17(8-11(10)2)15(19)14-7-12(16)9-18(14)13-3-4-13/h7,9-11,13H,3-6,8H2,1-2H3. The van der Waals surface area contributed by atoms with Crippen molar-refractivity contribution in [2.75, 3.05) is 13.1 Å². The van der Waals surface area contributed by atoms with Crippen LogP contribution in [0.2, 0.25) is 0 Å². The Hall–Kier alpha value is -0.770. The highest BCUT2D eigenvalue weighted by atomic mass is 79.9. The van der Waals surface area contributed by atoms with Gasteiger partial charge in [0.15, 0.2) is 0 Å². The number of piperidine rings is 1. The maximum absolute atomic E-state index is 12.7. The predicted octanol–water partition coefficient (Wildman–Crippen LogP) is 3.70. The lowest BCUT2D eigenvalue weighted by Gasteiger charge is -2.35. The Morgan fingerprint density at radius 2 is 2.00 bits per heavy atom. The molecule has 2 heterocycles. The fourth-order valence-electron chi connectivity index (χ4n) is 2.88. The number of carbonyl (C=O) groups is 1. The van der Waals surface area contributed by atoms with Crippen molar-refractivity contribution >= 4 is 21.8 Å². The molecule has 2 aliphatic rings. The van der Waals surface area contributed by atoms with Crippen molar-refractivity contribution in [3.63, 3.8) is 0 Å². The Labute approximate surface area is 123 Å². The van der Waals surface area contributed by atoms with E-state index in [4.69, 9.17) is 0 Å². The first kappa shape index (κ1) is 13.2. The number of hydrogen-bond donors (Lipinski definition) is 0. The molecule has 3 rings (SSSR count). The molecule has 0 spiro atoms. The van der Waals surface area contributed by atoms with Gasteiger partial charge in [-0.25, -0.2) is 0 Å². The minimum absolute atomic E-state index is 0.205. The van der Waals surface area contributed by atoms with E-state index in [-0.39, 0.29) is 5.91 Å². The van der Waals surface area contributed by atoms with Crippen LogP contribution in [0.4, 0.5) is 0 Å². The zero-order valence-corrected chi connectivity index (χ0v) is 13.2. The SMILES string of the molecule is CC1CCN(C(=O)c2cc(Br)cn2C2CC2)CC1C. The van der Waals surface area contributed by atoms with Crippen LogP contribution in [0.15, 0.2) is 16.7 Å². The molecular weight excluding hydrogens is 304 g/mol. The van der Waals surface area contributed by atoms with Crippen LogP contribution in [0.25, 0.3) is 0 Å². The number of carbonyl (C=O) groups excluding carboxylic acids is 1. The first-order valence-electron chi connectivity index (χ1n) is 7.23. The molecular formula is C15H21BrN2O. The van der Waals surface area contributed by atoms with Crippen LogP contribution < -0.4 is 0 Å². The third kappa shape index (κ3) is 2.60. The van der Waals surface area contributed by atoms with Gasteiger partial charge in [-0.05, 0) is 53.1 Å². The molecule has 3 nitrogen and oxygen atoms in total. The zero-order chi connectivity index (χ0) is 13.6. The maximum atomic E-state index is 12.7. The molecule has 0 N–H and O–H groups in total. The molecule has 19 heavy (non-hydrogen) atoms. The van der Waals surface area contributed by atoms with Gasteiger partial charge in [0.05, 0.1) is 0 Å². The van der Waals surface area contributed by atoms with Crippen LogP contribution in [0, 0.1) is 11.8 Å². The summed E-state index contributed by atoms with van der Waals surface area (Å²) in [5, 5.41) is 0. The summed E-state index contributed by atoms with van der Waals surface area (Å²) in [4.78, 5) is 14.7. The lowest BCUT2D eigenvalue weighted by Crippen LogP contribution is -2.42. The van der Waals surface area contributed by atoms with Crippen molar-refractivity contribution in [1.29, 1.82) is 0 Å². The van der Waals surface area contributed by atoms with E-state index >= 15 is 0 Å². The molecule has 4 heteroatoms. The van der Waals surface area contributed by atoms with Crippen molar-refractivity contribution in [2.45, 2.75) is 39.2 Å². The van der Waals surface area contributed by atoms with Crippen LogP contribution in [0.1, 0.15) is 49.6 Å². The van der Waals surface area contributed by atoms with Gasteiger partial charge in [-0.15, -0.1) is 0 Å². The smallest absolute Gasteiger partial charge is 0.270 e. The zero-order valence-electron chi connectivity index (χ0n) is 11.6. The third-order valence-corrected chi connectivity index (χ3v) is 5.03. The summed E-state index contributed by atoms with van der Waals surface area (Å²) >= 11 is 3.50. The predicted molar refractivity (Wildman–Crippen MR) is 79.3 cm³/mol. The van der Waals surface area contributed by atoms with Gasteiger partial charge in [0.25, 0.3) is 5.91 Å². The molecule has 1 amide bonds. The number of nitrogens with zero attached hydrogens (tertiary/aromatic N) is 2. The average molecular weight is 325 g/mol. The lowest BCUT2D eigenvalue weighted by molar-refractivity contribution is 0.0616. The summed E-state index contributed by atoms with van der Waals surface area (Å²) in [6.07, 6.45) is 5.59. The molecule has 2 atom stereocenters. The molecule has 1 aromatic heterocycles. The second-order valence-electron chi connectivity index (χ2n) is 6.18. The Morgan fingerprint density at radius 3 is 2.63 bits per heavy atom. The summed E-state index contributed by atoms with van der Waals surface area (Å²) in [5.41, 5.74) is 0.858. The first-order valence-corrected chi connectivity index (χ1v) is 8.02. The topological polar surface area (TPSA) is 25.2 Å². The molecule has 1 aromatic rings. The van der Waals surface area contributed by atoms with Crippen LogP contribution in [0.3, 0.4) is 0 Å². The Morgan fingerprint density at radius 1 is 1.26 bits per heavy atom. The second kappa shape index (κ2) is 4.97. The number of amides is 1. The van der Waals surface area contributed by atoms with Crippen LogP contribution >= 0.6 is 15.9 Å². The van der Waals surface area contributed by atoms with E-state index in [0.29, 0.717) is 12.0 Å². The fraction of sp³-hybridized carbons (Fsp3) is 0.667. The van der Waals surface area contributed by atoms with Gasteiger partial charge < -0.3 is 9.47 Å². The minimum Gasteiger partial charge on any atom is -0.339 e. The lowest BCUT2D eigenvalue weighted by atomic mass is 9.88. The average Bonchev–Trinajstić information content (AvgIpc) is 3.15. The van der Waals surface area contributed by atoms with Crippen molar-refractivity contribution in [3.8, 4) is 0 Å². The minimum atomic E-state index is 0.205. The van der Waals surface area contributed by atoms with E-state index in [2.05, 4.69) is 40.5 Å². The molecule has 0 bridgehead atoms. The molecule has 0 aromatic carbocycles. The highest BCUT2D eigenvalue weighted by Gasteiger charge is 2.32. The molecule has 1 aliphatic heterocycles. The first-order chi connectivity index (χ1) is 9.06. The van der Waals surface area contributed by atoms with Crippen LogP contribution in [-0.2, 0) is 0 Å². The quantitative estimate of drug-likeness (QED) is 0.814. The van der Waals surface area contributed by atoms with Gasteiger partial charge in [0.1, 0.15) is 5.69 Å². The highest BCUT2D eigenvalue weighted by Crippen LogP contribution is 2.38. The number of rotatable bonds is 2. The van der Waals surface area contributed by atoms with Gasteiger partial charge in [-0.1, -0.05) is 13.8 Å². The normalized spacial score (nSPS) is 27.6. The Kier molecular flexibility index (Phi) is 3.46. The molecule has 104 valence electrons. The largest absolute Gasteiger partial charge is 0.339 e. The Balaban J connectivity index is 1.80. The number of aromatic nitrogens is 1. The molecule has 2 unspecified atom stereocenters. The van der Waals surface area contributed by atoms with E-state index in [1.807, 2.05) is 11.0 Å². The molecule has 2 fully saturated rings. The number of likely N-dealkylation sites (tertiary alicyclic amines) is 1. The summed E-state index contributed by atoms with van der Waals surface area (Å²) in [7, 11) is 0. The monoisotopic (exact) mass is 324 g/mol. The summed E-state index contributed by atoms with van der Waals surface area (Å²) in [6.45, 7) is 6.33. The van der Waals surface area contributed by atoms with Gasteiger partial charge in [-0.2, -0.15) is 0 Å². The molecule has 1 saturated heterocycles. The van der Waals surface area contributed by atoms with Gasteiger partial charge in [0.2, 0.25) is 0 Å². The van der Waals surface area contributed by atoms with Crippen molar-refractivity contribution in [2.24, 2.45) is 11.8 Å².